The molecular weight excluding hydrogens is 344 g/mol. The Hall–Kier alpha value is -2.90. The molecule has 1 aliphatic heterocycles. The lowest BCUT2D eigenvalue weighted by atomic mass is 9.77. The zero-order valence-corrected chi connectivity index (χ0v) is 15.0. The van der Waals surface area contributed by atoms with Gasteiger partial charge in [0.25, 0.3) is 5.91 Å². The van der Waals surface area contributed by atoms with Gasteiger partial charge in [0.15, 0.2) is 11.5 Å². The van der Waals surface area contributed by atoms with Crippen LogP contribution in [0.25, 0.3) is 0 Å². The van der Waals surface area contributed by atoms with Gasteiger partial charge in [0.2, 0.25) is 0 Å². The summed E-state index contributed by atoms with van der Waals surface area (Å²) in [6.45, 7) is 0. The van der Waals surface area contributed by atoms with E-state index in [0.717, 1.165) is 12.8 Å². The van der Waals surface area contributed by atoms with Gasteiger partial charge in [-0.25, -0.2) is 16.3 Å². The van der Waals surface area contributed by atoms with Crippen molar-refractivity contribution in [2.45, 2.75) is 24.9 Å². The van der Waals surface area contributed by atoms with Crippen LogP contribution in [0, 0.1) is 5.92 Å². The highest BCUT2D eigenvalue weighted by atomic mass is 16.5. The van der Waals surface area contributed by atoms with E-state index in [1.807, 2.05) is 6.07 Å². The van der Waals surface area contributed by atoms with Crippen molar-refractivity contribution in [3.63, 3.8) is 0 Å². The number of amides is 1. The molecule has 7 heteroatoms. The van der Waals surface area contributed by atoms with Crippen LogP contribution in [0.5, 0.6) is 11.5 Å². The Balaban J connectivity index is 1.41. The number of aromatic hydroxyl groups is 1. The molecular formula is C20H22N4O3. The number of nitrogens with one attached hydrogen (secondary N) is 3. The van der Waals surface area contributed by atoms with E-state index < -0.39 is 0 Å². The number of fused-ring (bicyclic) bond motifs is 3. The quantitative estimate of drug-likeness (QED) is 0.487. The summed E-state index contributed by atoms with van der Waals surface area (Å²) in [5.41, 5.74) is 12.3. The highest BCUT2D eigenvalue weighted by Crippen LogP contribution is 2.38. The van der Waals surface area contributed by atoms with Gasteiger partial charge in [-0.15, -0.1) is 0 Å². The van der Waals surface area contributed by atoms with Crippen LogP contribution in [0.4, 0.5) is 0 Å². The van der Waals surface area contributed by atoms with Crippen LogP contribution < -0.4 is 21.0 Å². The van der Waals surface area contributed by atoms with Crippen molar-refractivity contribution in [3.8, 4) is 11.5 Å². The van der Waals surface area contributed by atoms with Crippen LogP contribution in [-0.2, 0) is 11.2 Å². The summed E-state index contributed by atoms with van der Waals surface area (Å²) < 4.78 is 5.06. The third-order valence-corrected chi connectivity index (χ3v) is 5.26. The van der Waals surface area contributed by atoms with Crippen molar-refractivity contribution in [1.82, 2.24) is 16.3 Å². The number of carbonyl (C=O) groups excluding carboxylic acids is 1. The normalized spacial score (nSPS) is 23.7. The number of carbonyl (C=O) groups is 1. The average Bonchev–Trinajstić information content (AvgIpc) is 3.14. The number of methoxy groups -OCH3 is 1. The van der Waals surface area contributed by atoms with Gasteiger partial charge in [-0.3, -0.25) is 4.79 Å². The monoisotopic (exact) mass is 366 g/mol. The molecule has 1 saturated heterocycles. The molecule has 1 amide bonds. The topological polar surface area (TPSA) is 95.0 Å². The number of nitrogens with zero attached hydrogens (tertiary/aromatic N) is 1. The van der Waals surface area contributed by atoms with Gasteiger partial charge in [0.1, 0.15) is 6.04 Å². The maximum atomic E-state index is 12.6. The molecule has 4 N–H and O–H groups in total. The van der Waals surface area contributed by atoms with Gasteiger partial charge >= 0.3 is 0 Å². The van der Waals surface area contributed by atoms with Crippen LogP contribution in [-0.4, -0.2) is 30.4 Å². The van der Waals surface area contributed by atoms with Crippen molar-refractivity contribution >= 4 is 12.1 Å². The Kier molecular flexibility index (Phi) is 4.79. The largest absolute Gasteiger partial charge is 0.504 e. The molecule has 140 valence electrons. The fourth-order valence-electron chi connectivity index (χ4n) is 3.89. The van der Waals surface area contributed by atoms with E-state index in [1.165, 1.54) is 30.5 Å². The Bertz CT molecular complexity index is 883. The Labute approximate surface area is 157 Å². The predicted molar refractivity (Wildman–Crippen MR) is 101 cm³/mol. The summed E-state index contributed by atoms with van der Waals surface area (Å²) in [6, 6.07) is 13.0. The second kappa shape index (κ2) is 7.38. The molecule has 3 atom stereocenters. The number of aryl methyl sites for hydroxylation is 1. The van der Waals surface area contributed by atoms with E-state index in [9.17, 15) is 9.90 Å². The van der Waals surface area contributed by atoms with E-state index in [2.05, 4.69) is 39.6 Å². The molecule has 1 aliphatic carbocycles. The number of hydrazine groups is 1. The van der Waals surface area contributed by atoms with Gasteiger partial charge < -0.3 is 9.84 Å². The summed E-state index contributed by atoms with van der Waals surface area (Å²) in [4.78, 5) is 12.6. The minimum atomic E-state index is -0.338. The average molecular weight is 366 g/mol. The summed E-state index contributed by atoms with van der Waals surface area (Å²) >= 11 is 0. The first-order chi connectivity index (χ1) is 13.2. The molecule has 1 heterocycles. The van der Waals surface area contributed by atoms with Crippen LogP contribution in [0.15, 0.2) is 47.6 Å². The van der Waals surface area contributed by atoms with Gasteiger partial charge in [0, 0.05) is 5.92 Å². The van der Waals surface area contributed by atoms with Crippen LogP contribution >= 0.6 is 0 Å². The van der Waals surface area contributed by atoms with Gasteiger partial charge in [-0.05, 0) is 47.7 Å². The SMILES string of the molecule is COc1cc(/C=N/NC(=O)C2NNC3c4ccccc4CCC23)ccc1O. The zero-order chi connectivity index (χ0) is 18.8. The highest BCUT2D eigenvalue weighted by molar-refractivity contribution is 5.86. The minimum Gasteiger partial charge on any atom is -0.504 e. The summed E-state index contributed by atoms with van der Waals surface area (Å²) in [5.74, 6) is 0.430. The van der Waals surface area contributed by atoms with Crippen LogP contribution in [0.3, 0.4) is 0 Å². The predicted octanol–water partition coefficient (Wildman–Crippen LogP) is 1.63. The molecule has 2 aliphatic rings. The van der Waals surface area contributed by atoms with Crippen LogP contribution in [0.1, 0.15) is 29.2 Å². The molecule has 0 aromatic heterocycles. The Morgan fingerprint density at radius 2 is 2.15 bits per heavy atom. The van der Waals surface area contributed by atoms with E-state index in [-0.39, 0.29) is 29.7 Å². The molecule has 2 aromatic carbocycles. The van der Waals surface area contributed by atoms with Crippen LogP contribution in [0.2, 0.25) is 0 Å². The molecule has 3 unspecified atom stereocenters. The standard InChI is InChI=1S/C20H22N4O3/c1-27-17-10-12(6-9-16(17)25)11-21-24-20(26)19-15-8-7-13-4-2-3-5-14(13)18(15)22-23-19/h2-6,9-11,15,18-19,22-23,25H,7-8H2,1H3,(H,24,26)/b21-11+. The smallest absolute Gasteiger partial charge is 0.258 e. The first-order valence-corrected chi connectivity index (χ1v) is 8.96. The number of hydrogen-bond acceptors (Lipinski definition) is 6. The van der Waals surface area contributed by atoms with Gasteiger partial charge in [0.05, 0.1) is 19.4 Å². The molecule has 0 spiro atoms. The Morgan fingerprint density at radius 3 is 3.00 bits per heavy atom. The van der Waals surface area contributed by atoms with Gasteiger partial charge in [-0.2, -0.15) is 5.10 Å². The molecule has 4 rings (SSSR count). The van der Waals surface area contributed by atoms with Crippen molar-refractivity contribution in [2.24, 2.45) is 11.0 Å². The second-order valence-corrected chi connectivity index (χ2v) is 6.81. The van der Waals surface area contributed by atoms with E-state index >= 15 is 0 Å². The number of phenols is 1. The number of rotatable bonds is 4. The zero-order valence-electron chi connectivity index (χ0n) is 15.0. The lowest BCUT2D eigenvalue weighted by Gasteiger charge is -2.29. The molecule has 27 heavy (non-hydrogen) atoms. The van der Waals surface area contributed by atoms with Crippen molar-refractivity contribution < 1.29 is 14.6 Å². The third kappa shape index (κ3) is 3.39. The lowest BCUT2D eigenvalue weighted by Crippen LogP contribution is -2.44. The summed E-state index contributed by atoms with van der Waals surface area (Å²) in [5, 5.41) is 13.7. The number of benzene rings is 2. The molecule has 0 radical (unpaired) electrons. The van der Waals surface area contributed by atoms with Crippen molar-refractivity contribution in [3.05, 3.63) is 59.2 Å². The lowest BCUT2D eigenvalue weighted by molar-refractivity contribution is -0.123. The third-order valence-electron chi connectivity index (χ3n) is 5.26. The maximum Gasteiger partial charge on any atom is 0.258 e. The van der Waals surface area contributed by atoms with Gasteiger partial charge in [-0.1, -0.05) is 24.3 Å². The fraction of sp³-hybridized carbons (Fsp3) is 0.300. The molecule has 0 saturated carbocycles. The number of hydrazone groups is 1. The molecule has 2 aromatic rings. The summed E-state index contributed by atoms with van der Waals surface area (Å²) in [6.07, 6.45) is 3.44. The molecule has 0 bridgehead atoms. The molecule has 7 nitrogen and oxygen atoms in total. The second-order valence-electron chi connectivity index (χ2n) is 6.81. The number of phenolic OH excluding ortho intramolecular Hbond substituents is 1. The van der Waals surface area contributed by atoms with E-state index in [1.54, 1.807) is 12.1 Å². The fourth-order valence-corrected chi connectivity index (χ4v) is 3.89. The Morgan fingerprint density at radius 1 is 1.30 bits per heavy atom. The van der Waals surface area contributed by atoms with Crippen molar-refractivity contribution in [2.75, 3.05) is 7.11 Å². The highest BCUT2D eigenvalue weighted by Gasteiger charge is 2.43. The van der Waals surface area contributed by atoms with E-state index in [4.69, 9.17) is 4.74 Å². The van der Waals surface area contributed by atoms with E-state index in [0.29, 0.717) is 11.3 Å². The number of ether oxygens (including phenoxy) is 1. The first-order valence-electron chi connectivity index (χ1n) is 8.96. The van der Waals surface area contributed by atoms with Crippen molar-refractivity contribution in [1.29, 1.82) is 0 Å². The first kappa shape index (κ1) is 17.5. The molecule has 1 fully saturated rings. The number of hydrogen-bond donors (Lipinski definition) is 4. The minimum absolute atomic E-state index is 0.0588. The summed E-state index contributed by atoms with van der Waals surface area (Å²) in [7, 11) is 1.48. The maximum absolute atomic E-state index is 12.6.